The first kappa shape index (κ1) is 27.0. The predicted octanol–water partition coefficient (Wildman–Crippen LogP) is 7.09. The number of carboxylic acid groups (broad SMARTS) is 1. The highest BCUT2D eigenvalue weighted by atomic mass is 35.5. The average molecular weight is 564 g/mol. The van der Waals surface area contributed by atoms with E-state index < -0.39 is 6.09 Å². The third-order valence-corrected chi connectivity index (χ3v) is 9.09. The topological polar surface area (TPSA) is 91.8 Å². The second kappa shape index (κ2) is 12.1. The Morgan fingerprint density at radius 2 is 1.82 bits per heavy atom. The molecule has 0 saturated heterocycles. The maximum atomic E-state index is 14.2. The molecule has 202 valence electrons. The second-order valence-electron chi connectivity index (χ2n) is 9.80. The minimum absolute atomic E-state index is 0.00542. The fourth-order valence-electron chi connectivity index (χ4n) is 5.35. The zero-order valence-corrected chi connectivity index (χ0v) is 23.2. The van der Waals surface area contributed by atoms with Crippen molar-refractivity contribution in [1.29, 1.82) is 0 Å². The van der Waals surface area contributed by atoms with Gasteiger partial charge >= 0.3 is 6.09 Å². The molecule has 0 aliphatic heterocycles. The van der Waals surface area contributed by atoms with Crippen LogP contribution in [0.2, 0.25) is 5.02 Å². The summed E-state index contributed by atoms with van der Waals surface area (Å²) < 4.78 is 6.69. The Kier molecular flexibility index (Phi) is 8.33. The van der Waals surface area contributed by atoms with Crippen LogP contribution in [0.25, 0.3) is 21.2 Å². The highest BCUT2D eigenvalue weighted by Gasteiger charge is 2.32. The molecular weight excluding hydrogens is 534 g/mol. The van der Waals surface area contributed by atoms with Gasteiger partial charge in [0.1, 0.15) is 10.6 Å². The van der Waals surface area contributed by atoms with Crippen LogP contribution in [0.3, 0.4) is 0 Å². The number of hydrogen-bond acceptors (Lipinski definition) is 5. The summed E-state index contributed by atoms with van der Waals surface area (Å²) >= 11 is 8.18. The van der Waals surface area contributed by atoms with Crippen molar-refractivity contribution in [2.75, 3.05) is 13.7 Å². The molecule has 2 heterocycles. The van der Waals surface area contributed by atoms with E-state index >= 15 is 0 Å². The maximum absolute atomic E-state index is 14.2. The molecule has 1 aliphatic rings. The number of amides is 2. The van der Waals surface area contributed by atoms with Gasteiger partial charge in [-0.2, -0.15) is 0 Å². The van der Waals surface area contributed by atoms with E-state index in [1.165, 1.54) is 11.3 Å². The first-order valence-corrected chi connectivity index (χ1v) is 14.2. The van der Waals surface area contributed by atoms with E-state index in [-0.39, 0.29) is 17.9 Å². The fraction of sp³-hybridized carbons (Fsp3) is 0.300. The van der Waals surface area contributed by atoms with Crippen molar-refractivity contribution in [3.8, 4) is 16.9 Å². The van der Waals surface area contributed by atoms with E-state index in [1.54, 1.807) is 19.5 Å². The number of nitrogens with zero attached hydrogens (tertiary/aromatic N) is 2. The molecule has 0 atom stereocenters. The number of fused-ring (bicyclic) bond motifs is 1. The van der Waals surface area contributed by atoms with E-state index in [0.29, 0.717) is 28.7 Å². The zero-order chi connectivity index (χ0) is 27.4. The van der Waals surface area contributed by atoms with Crippen LogP contribution in [0, 0.1) is 5.92 Å². The standard InChI is InChI=1S/C30H30ClN3O4S/c1-38-25-11-8-21(20-12-14-32-15-13-20)16-22(25)18-34(23-9-6-19(7-10-23)17-33-30(36)37)29(35)28-27(31)24-4-2-3-5-26(24)39-28/h2-5,8,11-16,19,23,33H,6-7,9-10,17-18H2,1H3,(H,36,37). The van der Waals surface area contributed by atoms with Crippen LogP contribution in [0.1, 0.15) is 40.9 Å². The summed E-state index contributed by atoms with van der Waals surface area (Å²) in [4.78, 5) is 31.8. The Bertz CT molecular complexity index is 1470. The number of carbonyl (C=O) groups excluding carboxylic acids is 1. The van der Waals surface area contributed by atoms with Gasteiger partial charge in [-0.1, -0.05) is 35.9 Å². The van der Waals surface area contributed by atoms with Crippen LogP contribution in [-0.4, -0.2) is 46.7 Å². The van der Waals surface area contributed by atoms with Gasteiger partial charge in [0.15, 0.2) is 0 Å². The number of thiophene rings is 1. The van der Waals surface area contributed by atoms with Gasteiger partial charge in [-0.25, -0.2) is 4.79 Å². The number of hydrogen-bond donors (Lipinski definition) is 2. The van der Waals surface area contributed by atoms with E-state index in [0.717, 1.165) is 52.5 Å². The van der Waals surface area contributed by atoms with E-state index in [1.807, 2.05) is 53.4 Å². The van der Waals surface area contributed by atoms with Gasteiger partial charge in [-0.05, 0) is 73.1 Å². The number of ether oxygens (including phenoxy) is 1. The number of pyridine rings is 1. The van der Waals surface area contributed by atoms with Crippen molar-refractivity contribution < 1.29 is 19.4 Å². The highest BCUT2D eigenvalue weighted by Crippen LogP contribution is 2.38. The van der Waals surface area contributed by atoms with Crippen molar-refractivity contribution in [2.24, 2.45) is 5.92 Å². The quantitative estimate of drug-likeness (QED) is 0.239. The van der Waals surface area contributed by atoms with Gasteiger partial charge in [-0.3, -0.25) is 9.78 Å². The molecule has 2 amide bonds. The lowest BCUT2D eigenvalue weighted by Gasteiger charge is -2.37. The molecule has 5 rings (SSSR count). The van der Waals surface area contributed by atoms with Crippen LogP contribution in [0.5, 0.6) is 5.75 Å². The molecule has 0 bridgehead atoms. The Hall–Kier alpha value is -3.62. The first-order chi connectivity index (χ1) is 18.9. The summed E-state index contributed by atoms with van der Waals surface area (Å²) in [7, 11) is 1.64. The molecule has 4 aromatic rings. The lowest BCUT2D eigenvalue weighted by molar-refractivity contribution is 0.0592. The van der Waals surface area contributed by atoms with Gasteiger partial charge < -0.3 is 20.1 Å². The molecule has 7 nitrogen and oxygen atoms in total. The summed E-state index contributed by atoms with van der Waals surface area (Å²) in [6.45, 7) is 0.800. The number of nitrogens with one attached hydrogen (secondary N) is 1. The molecule has 0 radical (unpaired) electrons. The Balaban J connectivity index is 1.47. The highest BCUT2D eigenvalue weighted by molar-refractivity contribution is 7.21. The molecule has 0 spiro atoms. The lowest BCUT2D eigenvalue weighted by atomic mass is 9.85. The van der Waals surface area contributed by atoms with Crippen LogP contribution < -0.4 is 10.1 Å². The molecule has 2 aromatic carbocycles. The monoisotopic (exact) mass is 563 g/mol. The molecule has 2 aromatic heterocycles. The number of methoxy groups -OCH3 is 1. The fourth-order valence-corrected chi connectivity index (χ4v) is 6.82. The molecule has 1 fully saturated rings. The smallest absolute Gasteiger partial charge is 0.404 e. The zero-order valence-electron chi connectivity index (χ0n) is 21.6. The van der Waals surface area contributed by atoms with Crippen molar-refractivity contribution in [1.82, 2.24) is 15.2 Å². The number of rotatable bonds is 8. The van der Waals surface area contributed by atoms with Gasteiger partial charge in [0.25, 0.3) is 5.91 Å². The molecule has 9 heteroatoms. The third kappa shape index (κ3) is 6.02. The molecule has 1 saturated carbocycles. The Labute approximate surface area is 236 Å². The van der Waals surface area contributed by atoms with Crippen molar-refractivity contribution in [3.63, 3.8) is 0 Å². The van der Waals surface area contributed by atoms with Crippen molar-refractivity contribution >= 4 is 45.0 Å². The van der Waals surface area contributed by atoms with Crippen LogP contribution >= 0.6 is 22.9 Å². The summed E-state index contributed by atoms with van der Waals surface area (Å²) in [5.41, 5.74) is 2.96. The molecule has 1 aliphatic carbocycles. The predicted molar refractivity (Wildman–Crippen MR) is 155 cm³/mol. The van der Waals surface area contributed by atoms with Crippen molar-refractivity contribution in [3.05, 3.63) is 82.5 Å². The van der Waals surface area contributed by atoms with Crippen LogP contribution in [0.4, 0.5) is 4.79 Å². The molecule has 2 N–H and O–H groups in total. The summed E-state index contributed by atoms with van der Waals surface area (Å²) in [5.74, 6) is 0.879. The molecule has 0 unspecified atom stereocenters. The second-order valence-corrected chi connectivity index (χ2v) is 11.2. The number of carbonyl (C=O) groups is 2. The Morgan fingerprint density at radius 1 is 1.08 bits per heavy atom. The minimum Gasteiger partial charge on any atom is -0.496 e. The maximum Gasteiger partial charge on any atom is 0.404 e. The SMILES string of the molecule is COc1ccc(-c2ccncc2)cc1CN(C(=O)c1sc2ccccc2c1Cl)C1CCC(CNC(=O)O)CC1. The van der Waals surface area contributed by atoms with Gasteiger partial charge in [-0.15, -0.1) is 11.3 Å². The average Bonchev–Trinajstić information content (AvgIpc) is 3.31. The van der Waals surface area contributed by atoms with Gasteiger partial charge in [0, 0.05) is 47.2 Å². The number of halogens is 1. The summed E-state index contributed by atoms with van der Waals surface area (Å²) in [5, 5.41) is 12.9. The number of aromatic nitrogens is 1. The Morgan fingerprint density at radius 3 is 2.51 bits per heavy atom. The summed E-state index contributed by atoms with van der Waals surface area (Å²) in [6, 6.07) is 17.7. The summed E-state index contributed by atoms with van der Waals surface area (Å²) in [6.07, 6.45) is 5.76. The van der Waals surface area contributed by atoms with Crippen molar-refractivity contribution in [2.45, 2.75) is 38.3 Å². The minimum atomic E-state index is -1.01. The number of benzene rings is 2. The van der Waals surface area contributed by atoms with E-state index in [9.17, 15) is 9.59 Å². The van der Waals surface area contributed by atoms with E-state index in [2.05, 4.69) is 16.4 Å². The normalized spacial score (nSPS) is 17.1. The van der Waals surface area contributed by atoms with Gasteiger partial charge in [0.2, 0.25) is 0 Å². The third-order valence-electron chi connectivity index (χ3n) is 7.42. The lowest BCUT2D eigenvalue weighted by Crippen LogP contribution is -2.43. The molecular formula is C30H30ClN3O4S. The van der Waals surface area contributed by atoms with E-state index in [4.69, 9.17) is 21.4 Å². The largest absolute Gasteiger partial charge is 0.496 e. The van der Waals surface area contributed by atoms with Gasteiger partial charge in [0.05, 0.1) is 12.1 Å². The first-order valence-electron chi connectivity index (χ1n) is 13.0. The van der Waals surface area contributed by atoms with Crippen LogP contribution in [0.15, 0.2) is 67.0 Å². The van der Waals surface area contributed by atoms with Crippen LogP contribution in [-0.2, 0) is 6.54 Å². The molecule has 39 heavy (non-hydrogen) atoms.